The maximum Gasteiger partial charge on any atom is 0.338 e. The number of nitrogens with one attached hydrogen (secondary N) is 2. The molecule has 0 aliphatic carbocycles. The smallest absolute Gasteiger partial charge is 0.338 e. The van der Waals surface area contributed by atoms with Gasteiger partial charge in [0.2, 0.25) is 11.8 Å². The summed E-state index contributed by atoms with van der Waals surface area (Å²) in [6, 6.07) is 6.51. The fourth-order valence-corrected chi connectivity index (χ4v) is 2.32. The Kier molecular flexibility index (Phi) is 8.43. The van der Waals surface area contributed by atoms with E-state index in [0.717, 1.165) is 0 Å². The summed E-state index contributed by atoms with van der Waals surface area (Å²) in [5.74, 6) is -0.743. The number of likely N-dealkylation sites (N-methyl/N-ethyl adjacent to an activating group) is 1. The molecule has 0 heterocycles. The average Bonchev–Trinajstić information content (AvgIpc) is 2.52. The van der Waals surface area contributed by atoms with Gasteiger partial charge >= 0.3 is 5.97 Å². The summed E-state index contributed by atoms with van der Waals surface area (Å²) in [6.07, 6.45) is -0.188. The molecule has 7 nitrogen and oxygen atoms in total. The number of benzene rings is 1. The minimum Gasteiger partial charge on any atom is -0.459 e. The minimum atomic E-state index is -0.398. The van der Waals surface area contributed by atoms with Crippen LogP contribution >= 0.6 is 0 Å². The van der Waals surface area contributed by atoms with Crippen LogP contribution in [0.1, 0.15) is 51.9 Å². The van der Waals surface area contributed by atoms with Gasteiger partial charge in [0, 0.05) is 11.2 Å². The van der Waals surface area contributed by atoms with Crippen LogP contribution in [0.2, 0.25) is 0 Å². The standard InChI is InChI=1S/C20H31N3O4/c1-7-23(13-18(25)22-20(4,5)6)12-17(24)21-16-10-8-15(9-11-16)19(26)27-14(2)3/h8-11,14H,7,12-13H2,1-6H3,(H,21,24)(H,22,25). The molecule has 0 saturated carbocycles. The molecule has 1 aromatic carbocycles. The van der Waals surface area contributed by atoms with Crippen LogP contribution in [0.4, 0.5) is 5.69 Å². The Morgan fingerprint density at radius 3 is 2.07 bits per heavy atom. The average molecular weight is 377 g/mol. The normalized spacial score (nSPS) is 11.4. The van der Waals surface area contributed by atoms with E-state index in [1.165, 1.54) is 0 Å². The van der Waals surface area contributed by atoms with Crippen molar-refractivity contribution < 1.29 is 19.1 Å². The number of rotatable bonds is 8. The van der Waals surface area contributed by atoms with Gasteiger partial charge in [0.15, 0.2) is 0 Å². The highest BCUT2D eigenvalue weighted by atomic mass is 16.5. The molecule has 0 saturated heterocycles. The Morgan fingerprint density at radius 2 is 1.59 bits per heavy atom. The summed E-state index contributed by atoms with van der Waals surface area (Å²) in [4.78, 5) is 37.8. The van der Waals surface area contributed by atoms with Gasteiger partial charge in [-0.2, -0.15) is 0 Å². The molecular formula is C20H31N3O4. The highest BCUT2D eigenvalue weighted by molar-refractivity contribution is 5.94. The van der Waals surface area contributed by atoms with Gasteiger partial charge in [-0.3, -0.25) is 14.5 Å². The third kappa shape index (κ3) is 9.19. The van der Waals surface area contributed by atoms with E-state index >= 15 is 0 Å². The molecule has 0 aromatic heterocycles. The zero-order valence-electron chi connectivity index (χ0n) is 17.1. The van der Waals surface area contributed by atoms with E-state index < -0.39 is 5.97 Å². The fourth-order valence-electron chi connectivity index (χ4n) is 2.32. The Labute approximate surface area is 161 Å². The van der Waals surface area contributed by atoms with Crippen molar-refractivity contribution >= 4 is 23.5 Å². The first-order valence-electron chi connectivity index (χ1n) is 9.14. The highest BCUT2D eigenvalue weighted by Gasteiger charge is 2.18. The second-order valence-corrected chi connectivity index (χ2v) is 7.68. The van der Waals surface area contributed by atoms with Crippen LogP contribution < -0.4 is 10.6 Å². The van der Waals surface area contributed by atoms with Gasteiger partial charge < -0.3 is 15.4 Å². The molecule has 7 heteroatoms. The molecule has 0 aliphatic rings. The zero-order chi connectivity index (χ0) is 20.6. The lowest BCUT2D eigenvalue weighted by molar-refractivity contribution is -0.124. The van der Waals surface area contributed by atoms with E-state index in [-0.39, 0.29) is 36.5 Å². The molecule has 2 amide bonds. The highest BCUT2D eigenvalue weighted by Crippen LogP contribution is 2.11. The summed E-state index contributed by atoms with van der Waals surface area (Å²) in [6.45, 7) is 12.0. The molecule has 0 fully saturated rings. The number of ether oxygens (including phenoxy) is 1. The van der Waals surface area contributed by atoms with Crippen molar-refractivity contribution in [1.82, 2.24) is 10.2 Å². The van der Waals surface area contributed by atoms with E-state index in [1.807, 2.05) is 27.7 Å². The van der Waals surface area contributed by atoms with Crippen molar-refractivity contribution in [2.75, 3.05) is 25.0 Å². The van der Waals surface area contributed by atoms with Crippen molar-refractivity contribution in [3.63, 3.8) is 0 Å². The maximum absolute atomic E-state index is 12.2. The number of carbonyl (C=O) groups is 3. The number of hydrogen-bond acceptors (Lipinski definition) is 5. The van der Waals surface area contributed by atoms with Crippen molar-refractivity contribution in [2.45, 2.75) is 53.2 Å². The summed E-state index contributed by atoms with van der Waals surface area (Å²) in [5.41, 5.74) is 0.698. The summed E-state index contributed by atoms with van der Waals surface area (Å²) < 4.78 is 5.13. The number of amides is 2. The molecule has 0 spiro atoms. The lowest BCUT2D eigenvalue weighted by Gasteiger charge is -2.24. The molecule has 0 unspecified atom stereocenters. The van der Waals surface area contributed by atoms with Gasteiger partial charge in [-0.25, -0.2) is 4.79 Å². The molecule has 0 bridgehead atoms. The molecule has 0 atom stereocenters. The van der Waals surface area contributed by atoms with Gasteiger partial charge in [0.05, 0.1) is 24.8 Å². The zero-order valence-corrected chi connectivity index (χ0v) is 17.1. The van der Waals surface area contributed by atoms with Crippen LogP contribution in [0.5, 0.6) is 0 Å². The van der Waals surface area contributed by atoms with Gasteiger partial charge in [-0.15, -0.1) is 0 Å². The van der Waals surface area contributed by atoms with Gasteiger partial charge in [0.1, 0.15) is 0 Å². The Morgan fingerprint density at radius 1 is 1.04 bits per heavy atom. The lowest BCUT2D eigenvalue weighted by Crippen LogP contribution is -2.47. The van der Waals surface area contributed by atoms with E-state index in [0.29, 0.717) is 17.8 Å². The van der Waals surface area contributed by atoms with Gasteiger partial charge in [-0.1, -0.05) is 6.92 Å². The van der Waals surface area contributed by atoms with Crippen LogP contribution in [-0.2, 0) is 14.3 Å². The monoisotopic (exact) mass is 377 g/mol. The summed E-state index contributed by atoms with van der Waals surface area (Å²) >= 11 is 0. The number of esters is 1. The number of hydrogen-bond donors (Lipinski definition) is 2. The van der Waals surface area contributed by atoms with Crippen molar-refractivity contribution in [3.8, 4) is 0 Å². The molecule has 1 rings (SSSR count). The van der Waals surface area contributed by atoms with E-state index in [9.17, 15) is 14.4 Å². The second-order valence-electron chi connectivity index (χ2n) is 7.68. The lowest BCUT2D eigenvalue weighted by atomic mass is 10.1. The van der Waals surface area contributed by atoms with E-state index in [1.54, 1.807) is 43.0 Å². The first kappa shape index (κ1) is 22.6. The van der Waals surface area contributed by atoms with E-state index in [4.69, 9.17) is 4.74 Å². The first-order valence-corrected chi connectivity index (χ1v) is 9.14. The SMILES string of the molecule is CCN(CC(=O)Nc1ccc(C(=O)OC(C)C)cc1)CC(=O)NC(C)(C)C. The van der Waals surface area contributed by atoms with Gasteiger partial charge in [-0.05, 0) is 65.4 Å². The molecule has 1 aromatic rings. The molecular weight excluding hydrogens is 346 g/mol. The second kappa shape index (κ2) is 10.1. The summed E-state index contributed by atoms with van der Waals surface area (Å²) in [7, 11) is 0. The van der Waals surface area contributed by atoms with E-state index in [2.05, 4.69) is 10.6 Å². The van der Waals surface area contributed by atoms with Crippen LogP contribution in [0.25, 0.3) is 0 Å². The Balaban J connectivity index is 2.57. The maximum atomic E-state index is 12.2. The Hall–Kier alpha value is -2.41. The van der Waals surface area contributed by atoms with Crippen LogP contribution in [0.3, 0.4) is 0 Å². The molecule has 0 aliphatic heterocycles. The largest absolute Gasteiger partial charge is 0.459 e. The molecule has 0 radical (unpaired) electrons. The number of carbonyl (C=O) groups excluding carboxylic acids is 3. The van der Waals surface area contributed by atoms with Crippen LogP contribution in [0, 0.1) is 0 Å². The molecule has 27 heavy (non-hydrogen) atoms. The topological polar surface area (TPSA) is 87.7 Å². The minimum absolute atomic E-state index is 0.102. The number of anilines is 1. The third-order valence-corrected chi connectivity index (χ3v) is 3.44. The Bertz CT molecular complexity index is 648. The predicted molar refractivity (Wildman–Crippen MR) is 106 cm³/mol. The quantitative estimate of drug-likeness (QED) is 0.680. The van der Waals surface area contributed by atoms with Crippen molar-refractivity contribution in [1.29, 1.82) is 0 Å². The van der Waals surface area contributed by atoms with Gasteiger partial charge in [0.25, 0.3) is 0 Å². The van der Waals surface area contributed by atoms with Crippen LogP contribution in [0.15, 0.2) is 24.3 Å². The van der Waals surface area contributed by atoms with Crippen molar-refractivity contribution in [2.24, 2.45) is 0 Å². The predicted octanol–water partition coefficient (Wildman–Crippen LogP) is 2.43. The molecule has 150 valence electrons. The van der Waals surface area contributed by atoms with Crippen LogP contribution in [-0.4, -0.2) is 54.0 Å². The summed E-state index contributed by atoms with van der Waals surface area (Å²) in [5, 5.41) is 5.65. The fraction of sp³-hybridized carbons (Fsp3) is 0.550. The molecule has 2 N–H and O–H groups in total. The number of nitrogens with zero attached hydrogens (tertiary/aromatic N) is 1. The third-order valence-electron chi connectivity index (χ3n) is 3.44. The van der Waals surface area contributed by atoms with Crippen molar-refractivity contribution in [3.05, 3.63) is 29.8 Å². The first-order chi connectivity index (χ1) is 12.5.